The molecule has 0 radical (unpaired) electrons. The summed E-state index contributed by atoms with van der Waals surface area (Å²) in [5.41, 5.74) is 6.26. The first kappa shape index (κ1) is 11.3. The molecule has 78 valence electrons. The smallest absolute Gasteiger partial charge is 0.137 e. The van der Waals surface area contributed by atoms with E-state index in [1.54, 1.807) is 32.2 Å². The van der Waals surface area contributed by atoms with E-state index in [1.807, 2.05) is 0 Å². The second-order valence-electron chi connectivity index (χ2n) is 3.20. The van der Waals surface area contributed by atoms with Gasteiger partial charge in [0.05, 0.1) is 18.2 Å². The van der Waals surface area contributed by atoms with Crippen LogP contribution in [0.2, 0.25) is 5.02 Å². The average Bonchev–Trinajstić information content (AvgIpc) is 2.16. The van der Waals surface area contributed by atoms with Gasteiger partial charge in [-0.2, -0.15) is 0 Å². The highest BCUT2D eigenvalue weighted by Gasteiger charge is 2.13. The lowest BCUT2D eigenvalue weighted by Gasteiger charge is -2.15. The molecule has 1 aromatic carbocycles. The molecule has 1 aromatic rings. The standard InChI is InChI=1S/C10H14ClNO2/c1-6(12)10(13)7-3-4-9(14-2)8(11)5-7/h3-6,10,13H,12H2,1-2H3/t6-,10-/m1/s1. The number of ether oxygens (including phenoxy) is 1. The molecule has 0 fully saturated rings. The van der Waals surface area contributed by atoms with Crippen LogP contribution < -0.4 is 10.5 Å². The first-order valence-electron chi connectivity index (χ1n) is 4.33. The van der Waals surface area contributed by atoms with Crippen molar-refractivity contribution in [3.05, 3.63) is 28.8 Å². The van der Waals surface area contributed by atoms with E-state index >= 15 is 0 Å². The number of aliphatic hydroxyl groups is 1. The predicted octanol–water partition coefficient (Wildman–Crippen LogP) is 1.73. The zero-order chi connectivity index (χ0) is 10.7. The number of hydrogen-bond donors (Lipinski definition) is 2. The Kier molecular flexibility index (Phi) is 3.75. The molecule has 0 aliphatic rings. The van der Waals surface area contributed by atoms with Gasteiger partial charge in [-0.15, -0.1) is 0 Å². The van der Waals surface area contributed by atoms with Crippen LogP contribution in [0.3, 0.4) is 0 Å². The molecule has 0 aliphatic heterocycles. The Hall–Kier alpha value is -0.770. The molecule has 0 aromatic heterocycles. The van der Waals surface area contributed by atoms with E-state index in [0.717, 1.165) is 0 Å². The third-order valence-electron chi connectivity index (χ3n) is 2.02. The zero-order valence-electron chi connectivity index (χ0n) is 8.20. The van der Waals surface area contributed by atoms with Gasteiger partial charge in [0.2, 0.25) is 0 Å². The molecular weight excluding hydrogens is 202 g/mol. The molecule has 0 spiro atoms. The van der Waals surface area contributed by atoms with E-state index in [0.29, 0.717) is 16.3 Å². The maximum absolute atomic E-state index is 9.66. The van der Waals surface area contributed by atoms with Gasteiger partial charge < -0.3 is 15.6 Å². The van der Waals surface area contributed by atoms with Crippen LogP contribution in [0.15, 0.2) is 18.2 Å². The first-order valence-corrected chi connectivity index (χ1v) is 4.71. The molecule has 0 amide bonds. The Morgan fingerprint density at radius 1 is 1.50 bits per heavy atom. The maximum Gasteiger partial charge on any atom is 0.137 e. The van der Waals surface area contributed by atoms with Crippen molar-refractivity contribution >= 4 is 11.6 Å². The van der Waals surface area contributed by atoms with Crippen LogP contribution in [-0.4, -0.2) is 18.3 Å². The second kappa shape index (κ2) is 4.64. The Morgan fingerprint density at radius 2 is 2.14 bits per heavy atom. The van der Waals surface area contributed by atoms with Gasteiger partial charge in [0.25, 0.3) is 0 Å². The maximum atomic E-state index is 9.66. The van der Waals surface area contributed by atoms with Crippen molar-refractivity contribution in [2.75, 3.05) is 7.11 Å². The van der Waals surface area contributed by atoms with Crippen LogP contribution in [0.25, 0.3) is 0 Å². The SMILES string of the molecule is COc1ccc([C@H](O)[C@@H](C)N)cc1Cl. The summed E-state index contributed by atoms with van der Waals surface area (Å²) in [4.78, 5) is 0. The topological polar surface area (TPSA) is 55.5 Å². The number of hydrogen-bond acceptors (Lipinski definition) is 3. The Morgan fingerprint density at radius 3 is 2.57 bits per heavy atom. The van der Waals surface area contributed by atoms with Crippen molar-refractivity contribution in [1.82, 2.24) is 0 Å². The fourth-order valence-corrected chi connectivity index (χ4v) is 1.44. The summed E-state index contributed by atoms with van der Waals surface area (Å²) in [6.45, 7) is 1.74. The van der Waals surface area contributed by atoms with Crippen molar-refractivity contribution in [1.29, 1.82) is 0 Å². The Bertz CT molecular complexity index is 315. The van der Waals surface area contributed by atoms with Crippen LogP contribution in [-0.2, 0) is 0 Å². The second-order valence-corrected chi connectivity index (χ2v) is 3.61. The van der Waals surface area contributed by atoms with Crippen molar-refractivity contribution in [2.24, 2.45) is 5.73 Å². The summed E-state index contributed by atoms with van der Waals surface area (Å²) in [7, 11) is 1.54. The summed E-state index contributed by atoms with van der Waals surface area (Å²) in [5, 5.41) is 10.1. The minimum Gasteiger partial charge on any atom is -0.495 e. The molecular formula is C10H14ClNO2. The van der Waals surface area contributed by atoms with Crippen molar-refractivity contribution < 1.29 is 9.84 Å². The lowest BCUT2D eigenvalue weighted by atomic mass is 10.0. The molecule has 0 unspecified atom stereocenters. The fourth-order valence-electron chi connectivity index (χ4n) is 1.17. The van der Waals surface area contributed by atoms with Gasteiger partial charge in [-0.3, -0.25) is 0 Å². The number of rotatable bonds is 3. The summed E-state index contributed by atoms with van der Waals surface area (Å²) >= 11 is 5.90. The molecule has 14 heavy (non-hydrogen) atoms. The van der Waals surface area contributed by atoms with E-state index in [2.05, 4.69) is 0 Å². The molecule has 1 rings (SSSR count). The summed E-state index contributed by atoms with van der Waals surface area (Å²) in [6, 6.07) is 4.80. The lowest BCUT2D eigenvalue weighted by molar-refractivity contribution is 0.153. The van der Waals surface area contributed by atoms with Crippen LogP contribution in [0.1, 0.15) is 18.6 Å². The van der Waals surface area contributed by atoms with Gasteiger partial charge in [-0.1, -0.05) is 17.7 Å². The normalized spacial score (nSPS) is 14.9. The van der Waals surface area contributed by atoms with Crippen molar-refractivity contribution in [2.45, 2.75) is 19.1 Å². The molecule has 0 aliphatic carbocycles. The Balaban J connectivity index is 2.96. The zero-order valence-corrected chi connectivity index (χ0v) is 8.95. The van der Waals surface area contributed by atoms with Gasteiger partial charge in [-0.05, 0) is 24.6 Å². The summed E-state index contributed by atoms with van der Waals surface area (Å²) in [5.74, 6) is 0.590. The third-order valence-corrected chi connectivity index (χ3v) is 2.31. The van der Waals surface area contributed by atoms with Crippen LogP contribution in [0.4, 0.5) is 0 Å². The lowest BCUT2D eigenvalue weighted by Crippen LogP contribution is -2.24. The van der Waals surface area contributed by atoms with Crippen LogP contribution in [0.5, 0.6) is 5.75 Å². The van der Waals surface area contributed by atoms with E-state index in [-0.39, 0.29) is 6.04 Å². The van der Waals surface area contributed by atoms with E-state index < -0.39 is 6.10 Å². The molecule has 3 nitrogen and oxygen atoms in total. The minimum absolute atomic E-state index is 0.320. The molecule has 4 heteroatoms. The van der Waals surface area contributed by atoms with Gasteiger partial charge in [-0.25, -0.2) is 0 Å². The summed E-state index contributed by atoms with van der Waals surface area (Å²) < 4.78 is 5.00. The monoisotopic (exact) mass is 215 g/mol. The number of nitrogens with two attached hydrogens (primary N) is 1. The number of methoxy groups -OCH3 is 1. The fraction of sp³-hybridized carbons (Fsp3) is 0.400. The summed E-state index contributed by atoms with van der Waals surface area (Å²) in [6.07, 6.45) is -0.696. The van der Waals surface area contributed by atoms with E-state index in [4.69, 9.17) is 22.1 Å². The highest BCUT2D eigenvalue weighted by molar-refractivity contribution is 6.32. The largest absolute Gasteiger partial charge is 0.495 e. The predicted molar refractivity (Wildman–Crippen MR) is 56.6 cm³/mol. The van der Waals surface area contributed by atoms with Gasteiger partial charge in [0.1, 0.15) is 5.75 Å². The van der Waals surface area contributed by atoms with E-state index in [9.17, 15) is 5.11 Å². The Labute approximate surface area is 88.4 Å². The van der Waals surface area contributed by atoms with Gasteiger partial charge in [0, 0.05) is 6.04 Å². The number of benzene rings is 1. The quantitative estimate of drug-likeness (QED) is 0.808. The highest BCUT2D eigenvalue weighted by atomic mass is 35.5. The third kappa shape index (κ3) is 2.38. The highest BCUT2D eigenvalue weighted by Crippen LogP contribution is 2.28. The van der Waals surface area contributed by atoms with Crippen LogP contribution in [0, 0.1) is 0 Å². The van der Waals surface area contributed by atoms with Gasteiger partial charge >= 0.3 is 0 Å². The molecule has 0 saturated heterocycles. The van der Waals surface area contributed by atoms with E-state index in [1.165, 1.54) is 0 Å². The molecule has 0 bridgehead atoms. The average molecular weight is 216 g/mol. The first-order chi connectivity index (χ1) is 6.56. The molecule has 2 atom stereocenters. The molecule has 0 saturated carbocycles. The van der Waals surface area contributed by atoms with Crippen LogP contribution >= 0.6 is 11.6 Å². The van der Waals surface area contributed by atoms with Crippen molar-refractivity contribution in [3.8, 4) is 5.75 Å². The molecule has 3 N–H and O–H groups in total. The van der Waals surface area contributed by atoms with Gasteiger partial charge in [0.15, 0.2) is 0 Å². The number of aliphatic hydroxyl groups excluding tert-OH is 1. The number of halogens is 1. The minimum atomic E-state index is -0.696. The van der Waals surface area contributed by atoms with Crippen molar-refractivity contribution in [3.63, 3.8) is 0 Å². The molecule has 0 heterocycles.